The number of H-pyrrole nitrogens is 2. The number of anilines is 1. The van der Waals surface area contributed by atoms with E-state index in [1.165, 1.54) is 23.5 Å². The normalized spacial score (nSPS) is 14.4. The average molecular weight is 476 g/mol. The lowest BCUT2D eigenvalue weighted by Crippen LogP contribution is -2.48. The minimum atomic E-state index is -0.248. The summed E-state index contributed by atoms with van der Waals surface area (Å²) in [4.78, 5) is 21.3. The summed E-state index contributed by atoms with van der Waals surface area (Å²) in [6.07, 6.45) is 0. The molecular formula is C25H22FN5O2S. The molecule has 1 fully saturated rings. The molecule has 0 spiro atoms. The van der Waals surface area contributed by atoms with Crippen LogP contribution in [0.25, 0.3) is 32.5 Å². The molecule has 4 heterocycles. The van der Waals surface area contributed by atoms with E-state index < -0.39 is 0 Å². The predicted molar refractivity (Wildman–Crippen MR) is 132 cm³/mol. The van der Waals surface area contributed by atoms with Crippen LogP contribution in [0.4, 0.5) is 10.1 Å². The fourth-order valence-electron chi connectivity index (χ4n) is 4.49. The van der Waals surface area contributed by atoms with Gasteiger partial charge in [0, 0.05) is 42.8 Å². The van der Waals surface area contributed by atoms with Crippen molar-refractivity contribution in [2.24, 2.45) is 0 Å². The van der Waals surface area contributed by atoms with Gasteiger partial charge in [0.25, 0.3) is 5.91 Å². The fourth-order valence-corrected chi connectivity index (χ4v) is 5.57. The van der Waals surface area contributed by atoms with Gasteiger partial charge in [-0.25, -0.2) is 4.39 Å². The highest BCUT2D eigenvalue weighted by Gasteiger charge is 2.25. The van der Waals surface area contributed by atoms with Crippen molar-refractivity contribution in [2.45, 2.75) is 6.61 Å². The van der Waals surface area contributed by atoms with Gasteiger partial charge in [-0.05, 0) is 54.1 Å². The zero-order chi connectivity index (χ0) is 23.2. The molecular weight excluding hydrogens is 453 g/mol. The Kier molecular flexibility index (Phi) is 5.08. The Morgan fingerprint density at radius 2 is 1.82 bits per heavy atom. The molecule has 3 N–H and O–H groups in total. The Labute approximate surface area is 198 Å². The van der Waals surface area contributed by atoms with Crippen molar-refractivity contribution in [3.8, 4) is 11.4 Å². The van der Waals surface area contributed by atoms with E-state index in [-0.39, 0.29) is 18.3 Å². The number of halogens is 1. The van der Waals surface area contributed by atoms with Crippen LogP contribution in [0.5, 0.6) is 0 Å². The predicted octanol–water partition coefficient (Wildman–Crippen LogP) is 4.37. The third kappa shape index (κ3) is 3.63. The van der Waals surface area contributed by atoms with Gasteiger partial charge >= 0.3 is 0 Å². The number of hydrogen-bond acceptors (Lipinski definition) is 5. The molecule has 172 valence electrons. The highest BCUT2D eigenvalue weighted by molar-refractivity contribution is 7.21. The maximum Gasteiger partial charge on any atom is 0.264 e. The number of aromatic amines is 2. The van der Waals surface area contributed by atoms with Crippen molar-refractivity contribution in [3.05, 3.63) is 70.9 Å². The Bertz CT molecular complexity index is 1500. The average Bonchev–Trinajstić information content (AvgIpc) is 3.57. The molecule has 1 amide bonds. The van der Waals surface area contributed by atoms with Gasteiger partial charge in [0.1, 0.15) is 11.5 Å². The molecule has 0 unspecified atom stereocenters. The van der Waals surface area contributed by atoms with Crippen LogP contribution in [0.1, 0.15) is 15.2 Å². The number of fused-ring (bicyclic) bond motifs is 2. The number of hydrogen-bond donors (Lipinski definition) is 3. The third-order valence-corrected chi connectivity index (χ3v) is 7.46. The number of thiophene rings is 1. The first kappa shape index (κ1) is 20.9. The summed E-state index contributed by atoms with van der Waals surface area (Å²) < 4.78 is 14.1. The van der Waals surface area contributed by atoms with Gasteiger partial charge in [-0.2, -0.15) is 5.10 Å². The van der Waals surface area contributed by atoms with E-state index in [9.17, 15) is 14.3 Å². The third-order valence-electron chi connectivity index (χ3n) is 6.33. The molecule has 2 aromatic carbocycles. The lowest BCUT2D eigenvalue weighted by atomic mass is 10.1. The Morgan fingerprint density at radius 1 is 1.03 bits per heavy atom. The zero-order valence-electron chi connectivity index (χ0n) is 18.2. The smallest absolute Gasteiger partial charge is 0.264 e. The number of carbonyl (C=O) groups is 1. The van der Waals surface area contributed by atoms with Gasteiger partial charge in [-0.1, -0.05) is 6.07 Å². The first-order valence-corrected chi connectivity index (χ1v) is 11.9. The largest absolute Gasteiger partial charge is 0.392 e. The Morgan fingerprint density at radius 3 is 2.59 bits per heavy atom. The second-order valence-corrected chi connectivity index (χ2v) is 9.50. The van der Waals surface area contributed by atoms with Gasteiger partial charge in [-0.15, -0.1) is 11.3 Å². The Balaban J connectivity index is 1.21. The summed E-state index contributed by atoms with van der Waals surface area (Å²) in [6, 6.07) is 16.2. The number of piperazine rings is 1. The minimum Gasteiger partial charge on any atom is -0.392 e. The van der Waals surface area contributed by atoms with Gasteiger partial charge in [0.05, 0.1) is 27.4 Å². The van der Waals surface area contributed by atoms with Crippen LogP contribution in [0.3, 0.4) is 0 Å². The van der Waals surface area contributed by atoms with Crippen LogP contribution < -0.4 is 4.90 Å². The lowest BCUT2D eigenvalue weighted by Gasteiger charge is -2.36. The standard InChI is InChI=1S/C25H22FN5O2S/c26-17-2-4-18(5-3-17)30-7-9-31(10-8-30)25(33)22-13-21-24(34-22)23(29-28-21)20-12-16-11-15(14-32)1-6-19(16)27-20/h1-6,11-13,27,32H,7-10,14H2,(H,28,29). The van der Waals surface area contributed by atoms with Crippen LogP contribution in [-0.4, -0.2) is 57.3 Å². The van der Waals surface area contributed by atoms with Gasteiger partial charge in [0.15, 0.2) is 0 Å². The van der Waals surface area contributed by atoms with Crippen molar-refractivity contribution in [1.29, 1.82) is 0 Å². The molecule has 0 saturated carbocycles. The molecule has 1 saturated heterocycles. The van der Waals surface area contributed by atoms with Crippen LogP contribution in [0, 0.1) is 5.82 Å². The van der Waals surface area contributed by atoms with Crippen LogP contribution >= 0.6 is 11.3 Å². The van der Waals surface area contributed by atoms with E-state index in [4.69, 9.17) is 0 Å². The van der Waals surface area contributed by atoms with E-state index in [2.05, 4.69) is 20.1 Å². The summed E-state index contributed by atoms with van der Waals surface area (Å²) in [6.45, 7) is 2.64. The summed E-state index contributed by atoms with van der Waals surface area (Å²) in [5.74, 6) is -0.231. The van der Waals surface area contributed by atoms with Crippen molar-refractivity contribution >= 4 is 44.1 Å². The van der Waals surface area contributed by atoms with E-state index in [0.717, 1.165) is 43.8 Å². The molecule has 34 heavy (non-hydrogen) atoms. The monoisotopic (exact) mass is 475 g/mol. The van der Waals surface area contributed by atoms with Gasteiger partial charge in [-0.3, -0.25) is 9.89 Å². The number of aliphatic hydroxyl groups excluding tert-OH is 1. The molecule has 0 radical (unpaired) electrons. The van der Waals surface area contributed by atoms with Gasteiger partial charge < -0.3 is 19.9 Å². The SMILES string of the molecule is O=C(c1cc2[nH]nc(-c3cc4cc(CO)ccc4[nH]3)c2s1)N1CCN(c2ccc(F)cc2)CC1. The number of nitrogens with zero attached hydrogens (tertiary/aromatic N) is 3. The van der Waals surface area contributed by atoms with E-state index in [1.54, 1.807) is 12.1 Å². The quantitative estimate of drug-likeness (QED) is 0.360. The number of carbonyl (C=O) groups excluding carboxylic acids is 1. The molecule has 1 aliphatic rings. The highest BCUT2D eigenvalue weighted by Crippen LogP contribution is 2.35. The molecule has 9 heteroatoms. The molecule has 0 atom stereocenters. The molecule has 7 nitrogen and oxygen atoms in total. The van der Waals surface area contributed by atoms with Crippen molar-refractivity contribution in [2.75, 3.05) is 31.1 Å². The fraction of sp³-hybridized carbons (Fsp3) is 0.200. The summed E-state index contributed by atoms with van der Waals surface area (Å²) >= 11 is 1.44. The van der Waals surface area contributed by atoms with E-state index in [0.29, 0.717) is 31.1 Å². The minimum absolute atomic E-state index is 0.00232. The number of nitrogens with one attached hydrogen (secondary N) is 2. The maximum atomic E-state index is 13.2. The summed E-state index contributed by atoms with van der Waals surface area (Å²) in [7, 11) is 0. The molecule has 0 bridgehead atoms. The van der Waals surface area contributed by atoms with Crippen molar-refractivity contribution in [1.82, 2.24) is 20.1 Å². The van der Waals surface area contributed by atoms with E-state index in [1.807, 2.05) is 35.2 Å². The zero-order valence-corrected chi connectivity index (χ0v) is 19.0. The highest BCUT2D eigenvalue weighted by atomic mass is 32.1. The molecule has 3 aromatic heterocycles. The number of aromatic nitrogens is 3. The van der Waals surface area contributed by atoms with Crippen LogP contribution in [0.15, 0.2) is 54.6 Å². The summed E-state index contributed by atoms with van der Waals surface area (Å²) in [5, 5.41) is 17.9. The second kappa shape index (κ2) is 8.27. The molecule has 6 rings (SSSR count). The van der Waals surface area contributed by atoms with E-state index >= 15 is 0 Å². The number of aliphatic hydroxyl groups is 1. The molecule has 1 aliphatic heterocycles. The van der Waals surface area contributed by atoms with Crippen LogP contribution in [0.2, 0.25) is 0 Å². The van der Waals surface area contributed by atoms with Crippen LogP contribution in [-0.2, 0) is 6.61 Å². The van der Waals surface area contributed by atoms with Crippen molar-refractivity contribution < 1.29 is 14.3 Å². The molecule has 5 aromatic rings. The lowest BCUT2D eigenvalue weighted by molar-refractivity contribution is 0.0751. The number of benzene rings is 2. The van der Waals surface area contributed by atoms with Gasteiger partial charge in [0.2, 0.25) is 0 Å². The number of rotatable bonds is 4. The summed E-state index contributed by atoms with van der Waals surface area (Å²) in [5.41, 5.74) is 5.28. The number of amides is 1. The molecule has 0 aliphatic carbocycles. The Hall–Kier alpha value is -3.69. The topological polar surface area (TPSA) is 88.2 Å². The first-order valence-electron chi connectivity index (χ1n) is 11.1. The first-order chi connectivity index (χ1) is 16.6. The van der Waals surface area contributed by atoms with Crippen molar-refractivity contribution in [3.63, 3.8) is 0 Å². The maximum absolute atomic E-state index is 13.2. The second-order valence-electron chi connectivity index (χ2n) is 8.44.